The number of carbonyl (C=O) groups is 2. The zero-order chi connectivity index (χ0) is 19.8. The number of hydrogen-bond acceptors (Lipinski definition) is 4. The molecule has 4 N–H and O–H groups in total. The molecule has 1 fully saturated rings. The van der Waals surface area contributed by atoms with E-state index in [1.807, 2.05) is 54.6 Å². The summed E-state index contributed by atoms with van der Waals surface area (Å²) in [5.41, 5.74) is 8.48. The van der Waals surface area contributed by atoms with Crippen molar-refractivity contribution in [2.24, 2.45) is 0 Å². The lowest BCUT2D eigenvalue weighted by atomic mass is 10.0. The van der Waals surface area contributed by atoms with E-state index in [-0.39, 0.29) is 42.7 Å². The molecule has 1 heterocycles. The minimum Gasteiger partial charge on any atom is -0.399 e. The lowest BCUT2D eigenvalue weighted by Gasteiger charge is -2.31. The number of piperidine rings is 1. The molecule has 0 aliphatic carbocycles. The fourth-order valence-corrected chi connectivity index (χ4v) is 3.47. The van der Waals surface area contributed by atoms with E-state index < -0.39 is 0 Å². The maximum absolute atomic E-state index is 12.2. The summed E-state index contributed by atoms with van der Waals surface area (Å²) in [6.07, 6.45) is 2.81. The molecular weight excluding hydrogens is 423 g/mol. The van der Waals surface area contributed by atoms with Crippen LogP contribution < -0.4 is 16.4 Å². The molecule has 2 aromatic rings. The summed E-state index contributed by atoms with van der Waals surface area (Å²) in [6, 6.07) is 17.3. The molecule has 0 aromatic heterocycles. The van der Waals surface area contributed by atoms with E-state index in [0.717, 1.165) is 42.9 Å². The number of anilines is 2. The molecule has 164 valence electrons. The number of aryl methyl sites for hydroxylation is 1. The normalized spacial score (nSPS) is 14.1. The van der Waals surface area contributed by atoms with Crippen molar-refractivity contribution in [1.82, 2.24) is 10.2 Å². The molecule has 8 heteroatoms. The first kappa shape index (κ1) is 25.8. The van der Waals surface area contributed by atoms with Gasteiger partial charge >= 0.3 is 0 Å². The van der Waals surface area contributed by atoms with Crippen molar-refractivity contribution < 1.29 is 9.59 Å². The number of halogens is 2. The van der Waals surface area contributed by atoms with Crippen LogP contribution in [0.15, 0.2) is 54.6 Å². The number of hydrogen-bond donors (Lipinski definition) is 3. The number of amides is 2. The van der Waals surface area contributed by atoms with E-state index in [0.29, 0.717) is 19.4 Å². The summed E-state index contributed by atoms with van der Waals surface area (Å²) in [4.78, 5) is 26.5. The predicted molar refractivity (Wildman–Crippen MR) is 126 cm³/mol. The van der Waals surface area contributed by atoms with Gasteiger partial charge in [0.1, 0.15) is 0 Å². The Hall–Kier alpha value is -2.28. The first-order valence-electron chi connectivity index (χ1n) is 9.80. The zero-order valence-corrected chi connectivity index (χ0v) is 18.5. The van der Waals surface area contributed by atoms with Crippen molar-refractivity contribution in [1.29, 1.82) is 0 Å². The number of nitrogens with zero attached hydrogens (tertiary/aromatic N) is 1. The SMILES string of the molecule is Cl.Cl.Nc1ccccc1CCC(=O)NC1CCN(CC(=O)Nc2ccccc2)CC1. The molecule has 1 saturated heterocycles. The van der Waals surface area contributed by atoms with Gasteiger partial charge in [0.2, 0.25) is 11.8 Å². The molecule has 1 aliphatic rings. The van der Waals surface area contributed by atoms with Gasteiger partial charge in [-0.25, -0.2) is 0 Å². The van der Waals surface area contributed by atoms with E-state index in [2.05, 4.69) is 15.5 Å². The highest BCUT2D eigenvalue weighted by Gasteiger charge is 2.22. The molecule has 3 rings (SSSR count). The highest BCUT2D eigenvalue weighted by atomic mass is 35.5. The van der Waals surface area contributed by atoms with Gasteiger partial charge in [0, 0.05) is 36.9 Å². The number of nitrogens with two attached hydrogens (primary N) is 1. The topological polar surface area (TPSA) is 87.5 Å². The van der Waals surface area contributed by atoms with Crippen LogP contribution in [0.3, 0.4) is 0 Å². The Labute approximate surface area is 190 Å². The molecule has 0 radical (unpaired) electrons. The maximum Gasteiger partial charge on any atom is 0.238 e. The van der Waals surface area contributed by atoms with Crippen molar-refractivity contribution in [3.05, 3.63) is 60.2 Å². The minimum absolute atomic E-state index is 0. The second-order valence-corrected chi connectivity index (χ2v) is 7.23. The van der Waals surface area contributed by atoms with Crippen LogP contribution in [0.1, 0.15) is 24.8 Å². The summed E-state index contributed by atoms with van der Waals surface area (Å²) < 4.78 is 0. The van der Waals surface area contributed by atoms with Gasteiger partial charge in [-0.3, -0.25) is 14.5 Å². The van der Waals surface area contributed by atoms with Gasteiger partial charge in [-0.05, 0) is 43.0 Å². The third kappa shape index (κ3) is 8.22. The number of para-hydroxylation sites is 2. The largest absolute Gasteiger partial charge is 0.399 e. The van der Waals surface area contributed by atoms with Crippen molar-refractivity contribution in [2.75, 3.05) is 30.7 Å². The molecular formula is C22H30Cl2N4O2. The Morgan fingerprint density at radius 3 is 2.23 bits per heavy atom. The average Bonchev–Trinajstić information content (AvgIpc) is 2.69. The summed E-state index contributed by atoms with van der Waals surface area (Å²) in [5, 5.41) is 6.02. The van der Waals surface area contributed by atoms with Crippen LogP contribution in [0.5, 0.6) is 0 Å². The fourth-order valence-electron chi connectivity index (χ4n) is 3.47. The standard InChI is InChI=1S/C22H28N4O2.2ClH/c23-20-9-5-4-6-17(20)10-11-21(27)24-19-12-14-26(15-13-19)16-22(28)25-18-7-2-1-3-8-18;;/h1-9,19H,10-16,23H2,(H,24,27)(H,25,28);2*1H. The number of rotatable bonds is 7. The Morgan fingerprint density at radius 2 is 1.57 bits per heavy atom. The molecule has 0 bridgehead atoms. The van der Waals surface area contributed by atoms with Crippen molar-refractivity contribution >= 4 is 48.0 Å². The Kier molecular flexibility index (Phi) is 11.3. The lowest BCUT2D eigenvalue weighted by Crippen LogP contribution is -2.46. The van der Waals surface area contributed by atoms with Crippen LogP contribution in [0.2, 0.25) is 0 Å². The number of nitrogens with one attached hydrogen (secondary N) is 2. The predicted octanol–water partition coefficient (Wildman–Crippen LogP) is 3.26. The zero-order valence-electron chi connectivity index (χ0n) is 16.9. The molecule has 2 amide bonds. The summed E-state index contributed by atoms with van der Waals surface area (Å²) in [6.45, 7) is 1.99. The van der Waals surface area contributed by atoms with E-state index in [4.69, 9.17) is 5.73 Å². The molecule has 30 heavy (non-hydrogen) atoms. The van der Waals surface area contributed by atoms with Crippen LogP contribution in [0.25, 0.3) is 0 Å². The van der Waals surface area contributed by atoms with Crippen molar-refractivity contribution in [3.63, 3.8) is 0 Å². The first-order valence-corrected chi connectivity index (χ1v) is 9.80. The number of benzene rings is 2. The monoisotopic (exact) mass is 452 g/mol. The number of carbonyl (C=O) groups excluding carboxylic acids is 2. The van der Waals surface area contributed by atoms with Gasteiger partial charge in [-0.1, -0.05) is 36.4 Å². The molecule has 1 aliphatic heterocycles. The second-order valence-electron chi connectivity index (χ2n) is 7.23. The van der Waals surface area contributed by atoms with E-state index in [1.165, 1.54) is 0 Å². The Balaban J connectivity index is 0.00000225. The molecule has 2 aromatic carbocycles. The molecule has 0 atom stereocenters. The lowest BCUT2D eigenvalue weighted by molar-refractivity contribution is -0.122. The van der Waals surface area contributed by atoms with Crippen LogP contribution >= 0.6 is 24.8 Å². The number of nitrogen functional groups attached to an aromatic ring is 1. The van der Waals surface area contributed by atoms with E-state index >= 15 is 0 Å². The smallest absolute Gasteiger partial charge is 0.238 e. The third-order valence-corrected chi connectivity index (χ3v) is 5.05. The van der Waals surface area contributed by atoms with Crippen LogP contribution in [-0.2, 0) is 16.0 Å². The summed E-state index contributed by atoms with van der Waals surface area (Å²) >= 11 is 0. The van der Waals surface area contributed by atoms with Gasteiger partial charge in [0.05, 0.1) is 6.54 Å². The highest BCUT2D eigenvalue weighted by Crippen LogP contribution is 2.14. The Morgan fingerprint density at radius 1 is 0.933 bits per heavy atom. The first-order chi connectivity index (χ1) is 13.6. The van der Waals surface area contributed by atoms with Crippen molar-refractivity contribution in [3.8, 4) is 0 Å². The summed E-state index contributed by atoms with van der Waals surface area (Å²) in [5.74, 6) is 0.0534. The molecule has 0 unspecified atom stereocenters. The second kappa shape index (κ2) is 13.1. The van der Waals surface area contributed by atoms with Crippen LogP contribution in [-0.4, -0.2) is 42.4 Å². The quantitative estimate of drug-likeness (QED) is 0.562. The van der Waals surface area contributed by atoms with Gasteiger partial charge in [0.25, 0.3) is 0 Å². The Bertz CT molecular complexity index is 797. The van der Waals surface area contributed by atoms with E-state index in [1.54, 1.807) is 0 Å². The third-order valence-electron chi connectivity index (χ3n) is 5.05. The fraction of sp³-hybridized carbons (Fsp3) is 0.364. The van der Waals surface area contributed by atoms with Gasteiger partial charge < -0.3 is 16.4 Å². The minimum atomic E-state index is -0.00543. The number of likely N-dealkylation sites (tertiary alicyclic amines) is 1. The van der Waals surface area contributed by atoms with Crippen LogP contribution in [0.4, 0.5) is 11.4 Å². The van der Waals surface area contributed by atoms with Gasteiger partial charge in [-0.15, -0.1) is 24.8 Å². The van der Waals surface area contributed by atoms with E-state index in [9.17, 15) is 9.59 Å². The summed E-state index contributed by atoms with van der Waals surface area (Å²) in [7, 11) is 0. The van der Waals surface area contributed by atoms with Gasteiger partial charge in [0.15, 0.2) is 0 Å². The molecule has 0 saturated carbocycles. The van der Waals surface area contributed by atoms with Gasteiger partial charge in [-0.2, -0.15) is 0 Å². The maximum atomic E-state index is 12.2. The molecule has 6 nitrogen and oxygen atoms in total. The average molecular weight is 453 g/mol. The highest BCUT2D eigenvalue weighted by molar-refractivity contribution is 5.92. The van der Waals surface area contributed by atoms with Crippen molar-refractivity contribution in [2.45, 2.75) is 31.7 Å². The van der Waals surface area contributed by atoms with Crippen LogP contribution in [0, 0.1) is 0 Å². The molecule has 0 spiro atoms.